The van der Waals surface area contributed by atoms with E-state index >= 15 is 0 Å². The molecule has 0 aliphatic rings. The van der Waals surface area contributed by atoms with Crippen LogP contribution in [0.3, 0.4) is 0 Å². The topological polar surface area (TPSA) is 20.2 Å². The van der Waals surface area contributed by atoms with Gasteiger partial charge in [0, 0.05) is 3.57 Å². The lowest BCUT2D eigenvalue weighted by Crippen LogP contribution is -2.12. The second kappa shape index (κ2) is 5.50. The first-order valence-corrected chi connectivity index (χ1v) is 6.57. The lowest BCUT2D eigenvalue weighted by molar-refractivity contribution is -0.139. The summed E-state index contributed by atoms with van der Waals surface area (Å²) in [7, 11) is 0. The molecule has 0 radical (unpaired) electrons. The zero-order valence-electron chi connectivity index (χ0n) is 9.66. The molecule has 0 heterocycles. The summed E-state index contributed by atoms with van der Waals surface area (Å²) in [6.45, 7) is 0. The number of hydrogen-bond donors (Lipinski definition) is 1. The van der Waals surface area contributed by atoms with Gasteiger partial charge in [-0.05, 0) is 51.9 Å². The van der Waals surface area contributed by atoms with E-state index in [4.69, 9.17) is 0 Å². The molecule has 2 aromatic carbocycles. The van der Waals surface area contributed by atoms with Gasteiger partial charge in [-0.2, -0.15) is 13.2 Å². The zero-order valence-corrected chi connectivity index (χ0v) is 11.8. The van der Waals surface area contributed by atoms with Crippen molar-refractivity contribution in [2.24, 2.45) is 0 Å². The molecule has 2 rings (SSSR count). The van der Waals surface area contributed by atoms with Gasteiger partial charge in [0.15, 0.2) is 0 Å². The Bertz CT molecular complexity index is 581. The molecule has 1 N–H and O–H groups in total. The third-order valence-corrected chi connectivity index (χ3v) is 3.40. The lowest BCUT2D eigenvalue weighted by Gasteiger charge is -2.17. The van der Waals surface area contributed by atoms with Crippen LogP contribution in [0.5, 0.6) is 0 Å². The van der Waals surface area contributed by atoms with E-state index in [-0.39, 0.29) is 5.56 Å². The molecule has 100 valence electrons. The summed E-state index contributed by atoms with van der Waals surface area (Å²) in [5.41, 5.74) is -0.484. The predicted octanol–water partition coefficient (Wildman–Crippen LogP) is 4.39. The molecule has 1 nitrogen and oxygen atoms in total. The van der Waals surface area contributed by atoms with Crippen molar-refractivity contribution >= 4 is 22.6 Å². The average molecular weight is 378 g/mol. The van der Waals surface area contributed by atoms with Gasteiger partial charge in [0.2, 0.25) is 0 Å². The first-order valence-electron chi connectivity index (χ1n) is 5.49. The van der Waals surface area contributed by atoms with Gasteiger partial charge in [0.05, 0.1) is 5.56 Å². The van der Waals surface area contributed by atoms with E-state index in [0.717, 1.165) is 9.64 Å². The Morgan fingerprint density at radius 3 is 2.32 bits per heavy atom. The molecule has 0 saturated heterocycles. The standard InChI is InChI=1S/C14H10F3IO/c15-14(16,17)12-7-2-1-6-11(12)13(19)9-4-3-5-10(18)8-9/h1-8,13,19H. The van der Waals surface area contributed by atoms with E-state index in [1.807, 2.05) is 28.7 Å². The lowest BCUT2D eigenvalue weighted by atomic mass is 9.96. The number of aliphatic hydroxyl groups excluding tert-OH is 1. The van der Waals surface area contributed by atoms with Gasteiger partial charge in [0.25, 0.3) is 0 Å². The Kier molecular flexibility index (Phi) is 4.15. The largest absolute Gasteiger partial charge is 0.416 e. The molecular formula is C14H10F3IO. The van der Waals surface area contributed by atoms with Crippen LogP contribution in [-0.2, 0) is 6.18 Å². The van der Waals surface area contributed by atoms with Crippen LogP contribution >= 0.6 is 22.6 Å². The van der Waals surface area contributed by atoms with Gasteiger partial charge in [-0.1, -0.05) is 30.3 Å². The maximum atomic E-state index is 12.9. The molecule has 1 unspecified atom stereocenters. The van der Waals surface area contributed by atoms with Gasteiger partial charge in [0.1, 0.15) is 6.10 Å². The van der Waals surface area contributed by atoms with Crippen molar-refractivity contribution in [3.8, 4) is 0 Å². The molecule has 2 aromatic rings. The van der Waals surface area contributed by atoms with Crippen molar-refractivity contribution in [3.63, 3.8) is 0 Å². The third kappa shape index (κ3) is 3.27. The Labute approximate surface area is 122 Å². The molecular weight excluding hydrogens is 368 g/mol. The van der Waals surface area contributed by atoms with Crippen LogP contribution in [0.2, 0.25) is 0 Å². The van der Waals surface area contributed by atoms with Gasteiger partial charge in [-0.3, -0.25) is 0 Å². The van der Waals surface area contributed by atoms with Crippen LogP contribution in [0.1, 0.15) is 22.8 Å². The Balaban J connectivity index is 2.48. The van der Waals surface area contributed by atoms with Gasteiger partial charge < -0.3 is 5.11 Å². The molecule has 19 heavy (non-hydrogen) atoms. The first kappa shape index (κ1) is 14.3. The van der Waals surface area contributed by atoms with Gasteiger partial charge in [-0.15, -0.1) is 0 Å². The van der Waals surface area contributed by atoms with E-state index in [1.165, 1.54) is 18.2 Å². The van der Waals surface area contributed by atoms with E-state index in [1.54, 1.807) is 18.2 Å². The molecule has 1 atom stereocenters. The minimum atomic E-state index is -4.47. The van der Waals surface area contributed by atoms with E-state index in [2.05, 4.69) is 0 Å². The summed E-state index contributed by atoms with van der Waals surface area (Å²) in [6.07, 6.45) is -5.76. The molecule has 0 aromatic heterocycles. The average Bonchev–Trinajstić information content (AvgIpc) is 2.37. The van der Waals surface area contributed by atoms with Crippen LogP contribution in [0.15, 0.2) is 48.5 Å². The molecule has 0 aliphatic heterocycles. The number of alkyl halides is 3. The summed E-state index contributed by atoms with van der Waals surface area (Å²) in [5.74, 6) is 0. The molecule has 0 bridgehead atoms. The van der Waals surface area contributed by atoms with Crippen molar-refractivity contribution in [2.75, 3.05) is 0 Å². The Hall–Kier alpha value is -1.08. The van der Waals surface area contributed by atoms with Crippen LogP contribution in [-0.4, -0.2) is 5.11 Å². The highest BCUT2D eigenvalue weighted by molar-refractivity contribution is 14.1. The second-order valence-electron chi connectivity index (χ2n) is 4.04. The molecule has 0 fully saturated rings. The fourth-order valence-corrected chi connectivity index (χ4v) is 2.42. The highest BCUT2D eigenvalue weighted by Gasteiger charge is 2.34. The van der Waals surface area contributed by atoms with E-state index in [0.29, 0.717) is 5.56 Å². The molecule has 0 aliphatic carbocycles. The first-order chi connectivity index (χ1) is 8.89. The second-order valence-corrected chi connectivity index (χ2v) is 5.29. The zero-order chi connectivity index (χ0) is 14.0. The highest BCUT2D eigenvalue weighted by atomic mass is 127. The van der Waals surface area contributed by atoms with Gasteiger partial charge in [-0.25, -0.2) is 0 Å². The number of hydrogen-bond acceptors (Lipinski definition) is 1. The third-order valence-electron chi connectivity index (χ3n) is 2.73. The van der Waals surface area contributed by atoms with Crippen LogP contribution < -0.4 is 0 Å². The maximum absolute atomic E-state index is 12.9. The summed E-state index contributed by atoms with van der Waals surface area (Å²) in [5, 5.41) is 10.2. The summed E-state index contributed by atoms with van der Waals surface area (Å²) < 4.78 is 39.5. The maximum Gasteiger partial charge on any atom is 0.416 e. The molecule has 5 heteroatoms. The fraction of sp³-hybridized carbons (Fsp3) is 0.143. The SMILES string of the molecule is OC(c1cccc(I)c1)c1ccccc1C(F)(F)F. The predicted molar refractivity (Wildman–Crippen MR) is 74.7 cm³/mol. The van der Waals surface area contributed by atoms with Crippen molar-refractivity contribution < 1.29 is 18.3 Å². The fourth-order valence-electron chi connectivity index (χ4n) is 1.85. The van der Waals surface area contributed by atoms with Crippen molar-refractivity contribution in [2.45, 2.75) is 12.3 Å². The van der Waals surface area contributed by atoms with E-state index in [9.17, 15) is 18.3 Å². The number of aliphatic hydroxyl groups is 1. The monoisotopic (exact) mass is 378 g/mol. The summed E-state index contributed by atoms with van der Waals surface area (Å²) in [4.78, 5) is 0. The van der Waals surface area contributed by atoms with Crippen LogP contribution in [0.25, 0.3) is 0 Å². The highest BCUT2D eigenvalue weighted by Crippen LogP contribution is 2.36. The molecule has 0 saturated carbocycles. The van der Waals surface area contributed by atoms with Crippen molar-refractivity contribution in [1.82, 2.24) is 0 Å². The molecule has 0 amide bonds. The van der Waals surface area contributed by atoms with Crippen LogP contribution in [0, 0.1) is 3.57 Å². The Morgan fingerprint density at radius 2 is 1.68 bits per heavy atom. The van der Waals surface area contributed by atoms with Crippen molar-refractivity contribution in [1.29, 1.82) is 0 Å². The van der Waals surface area contributed by atoms with Crippen LogP contribution in [0.4, 0.5) is 13.2 Å². The normalized spacial score (nSPS) is 13.3. The smallest absolute Gasteiger partial charge is 0.384 e. The minimum absolute atomic E-state index is 0.128. The molecule has 0 spiro atoms. The summed E-state index contributed by atoms with van der Waals surface area (Å²) >= 11 is 2.05. The van der Waals surface area contributed by atoms with Crippen molar-refractivity contribution in [3.05, 3.63) is 68.8 Å². The summed E-state index contributed by atoms with van der Waals surface area (Å²) in [6, 6.07) is 11.9. The quantitative estimate of drug-likeness (QED) is 0.769. The number of rotatable bonds is 2. The number of halogens is 4. The van der Waals surface area contributed by atoms with Gasteiger partial charge >= 0.3 is 6.18 Å². The van der Waals surface area contributed by atoms with E-state index < -0.39 is 17.8 Å². The minimum Gasteiger partial charge on any atom is -0.384 e. The number of benzene rings is 2. The Morgan fingerprint density at radius 1 is 1.00 bits per heavy atom.